The predicted octanol–water partition coefficient (Wildman–Crippen LogP) is 2.42. The summed E-state index contributed by atoms with van der Waals surface area (Å²) < 4.78 is 19.0. The van der Waals surface area contributed by atoms with E-state index in [-0.39, 0.29) is 15.8 Å². The number of rotatable bonds is 3. The fraction of sp³-hybridized carbons (Fsp3) is 0.364. The number of phenolic OH excluding ortho intramolecular Hbond substituents is 1. The number of carboxylic acid groups (broad SMARTS) is 1. The van der Waals surface area contributed by atoms with Crippen molar-refractivity contribution >= 4 is 21.9 Å². The minimum atomic E-state index is -1.30. The summed E-state index contributed by atoms with van der Waals surface area (Å²) >= 11 is 3.04. The molecule has 1 saturated carbocycles. The van der Waals surface area contributed by atoms with Crippen molar-refractivity contribution in [1.82, 2.24) is 0 Å². The molecule has 1 fully saturated rings. The van der Waals surface area contributed by atoms with Crippen molar-refractivity contribution in [1.29, 1.82) is 0 Å². The van der Waals surface area contributed by atoms with Crippen LogP contribution < -0.4 is 4.74 Å². The lowest BCUT2D eigenvalue weighted by molar-refractivity contribution is -0.140. The van der Waals surface area contributed by atoms with E-state index in [1.54, 1.807) is 0 Å². The lowest BCUT2D eigenvalue weighted by atomic mass is 9.94. The van der Waals surface area contributed by atoms with Crippen LogP contribution in [0.3, 0.4) is 0 Å². The molecule has 1 aromatic rings. The zero-order valence-corrected chi connectivity index (χ0v) is 10.5. The normalized spacial score (nSPS) is 16.6. The van der Waals surface area contributed by atoms with Crippen LogP contribution in [0.5, 0.6) is 11.5 Å². The maximum Gasteiger partial charge on any atom is 0.314 e. The summed E-state index contributed by atoms with van der Waals surface area (Å²) in [5, 5.41) is 19.0. The number of aromatic hydroxyl groups is 1. The third-order valence-electron chi connectivity index (χ3n) is 3.00. The van der Waals surface area contributed by atoms with Crippen molar-refractivity contribution in [3.8, 4) is 11.5 Å². The Morgan fingerprint density at radius 2 is 2.18 bits per heavy atom. The summed E-state index contributed by atoms with van der Waals surface area (Å²) in [6, 6.07) is 1.11. The number of benzene rings is 1. The second-order valence-corrected chi connectivity index (χ2v) is 4.84. The van der Waals surface area contributed by atoms with E-state index in [0.717, 1.165) is 6.07 Å². The van der Waals surface area contributed by atoms with Gasteiger partial charge in [-0.3, -0.25) is 4.79 Å². The van der Waals surface area contributed by atoms with E-state index >= 15 is 0 Å². The largest absolute Gasteiger partial charge is 0.504 e. The number of carbonyl (C=O) groups is 1. The number of phenols is 1. The van der Waals surface area contributed by atoms with Crippen molar-refractivity contribution in [3.05, 3.63) is 21.9 Å². The number of hydrogen-bond acceptors (Lipinski definition) is 3. The minimum absolute atomic E-state index is 0.0499. The molecule has 0 heterocycles. The number of aliphatic carboxylic acids is 1. The van der Waals surface area contributed by atoms with E-state index in [1.165, 1.54) is 7.11 Å². The van der Waals surface area contributed by atoms with E-state index < -0.39 is 23.0 Å². The van der Waals surface area contributed by atoms with Crippen molar-refractivity contribution in [2.45, 2.75) is 18.3 Å². The summed E-state index contributed by atoms with van der Waals surface area (Å²) in [7, 11) is 1.32. The molecule has 0 aromatic heterocycles. The van der Waals surface area contributed by atoms with E-state index in [0.29, 0.717) is 12.8 Å². The predicted molar refractivity (Wildman–Crippen MR) is 60.9 cm³/mol. The fourth-order valence-corrected chi connectivity index (χ4v) is 2.48. The van der Waals surface area contributed by atoms with Crippen LogP contribution in [-0.4, -0.2) is 23.3 Å². The van der Waals surface area contributed by atoms with Crippen LogP contribution in [0.15, 0.2) is 10.5 Å². The molecular weight excluding hydrogens is 295 g/mol. The molecule has 1 aliphatic rings. The van der Waals surface area contributed by atoms with Crippen LogP contribution >= 0.6 is 15.9 Å². The fourth-order valence-electron chi connectivity index (χ4n) is 1.93. The molecule has 0 aliphatic heterocycles. The molecule has 1 aliphatic carbocycles. The first-order chi connectivity index (χ1) is 7.94. The van der Waals surface area contributed by atoms with Gasteiger partial charge in [0.2, 0.25) is 0 Å². The van der Waals surface area contributed by atoms with Gasteiger partial charge >= 0.3 is 5.97 Å². The van der Waals surface area contributed by atoms with Crippen LogP contribution in [0.1, 0.15) is 18.4 Å². The molecule has 0 amide bonds. The Morgan fingerprint density at radius 3 is 2.59 bits per heavy atom. The molecule has 0 unspecified atom stereocenters. The average molecular weight is 305 g/mol. The molecular formula is C11H10BrFO4. The first kappa shape index (κ1) is 12.2. The molecule has 0 radical (unpaired) electrons. The monoisotopic (exact) mass is 304 g/mol. The zero-order valence-electron chi connectivity index (χ0n) is 8.96. The van der Waals surface area contributed by atoms with E-state index in [2.05, 4.69) is 15.9 Å². The average Bonchev–Trinajstić information content (AvgIpc) is 2.98. The Bertz CT molecular complexity index is 497. The van der Waals surface area contributed by atoms with Crippen molar-refractivity contribution in [2.24, 2.45) is 0 Å². The van der Waals surface area contributed by atoms with E-state index in [4.69, 9.17) is 9.84 Å². The van der Waals surface area contributed by atoms with Crippen molar-refractivity contribution in [3.63, 3.8) is 0 Å². The molecule has 0 bridgehead atoms. The molecule has 2 rings (SSSR count). The molecule has 2 N–H and O–H groups in total. The maximum absolute atomic E-state index is 13.8. The number of methoxy groups -OCH3 is 1. The maximum atomic E-state index is 13.8. The lowest BCUT2D eigenvalue weighted by Crippen LogP contribution is -2.21. The van der Waals surface area contributed by atoms with Crippen LogP contribution in [0.25, 0.3) is 0 Å². The summed E-state index contributed by atoms with van der Waals surface area (Å²) in [5.41, 5.74) is -1.49. The first-order valence-electron chi connectivity index (χ1n) is 4.93. The molecule has 92 valence electrons. The Balaban J connectivity index is 2.66. The van der Waals surface area contributed by atoms with Crippen LogP contribution in [0, 0.1) is 5.82 Å². The van der Waals surface area contributed by atoms with Gasteiger partial charge in [-0.2, -0.15) is 0 Å². The number of ether oxygens (including phenoxy) is 1. The Morgan fingerprint density at radius 1 is 1.59 bits per heavy atom. The van der Waals surface area contributed by atoms with Crippen LogP contribution in [-0.2, 0) is 10.2 Å². The molecule has 17 heavy (non-hydrogen) atoms. The van der Waals surface area contributed by atoms with Gasteiger partial charge in [-0.15, -0.1) is 0 Å². The highest BCUT2D eigenvalue weighted by Gasteiger charge is 2.55. The Kier molecular flexibility index (Phi) is 2.77. The van der Waals surface area contributed by atoms with Gasteiger partial charge in [0.05, 0.1) is 22.6 Å². The standard InChI is InChI=1S/C11H10BrFO4/c1-17-9-5(12)4-6(13)7(8(9)14)11(2-3-11)10(15)16/h4,14H,2-3H2,1H3,(H,15,16). The third-order valence-corrected chi connectivity index (χ3v) is 3.59. The smallest absolute Gasteiger partial charge is 0.314 e. The highest BCUT2D eigenvalue weighted by atomic mass is 79.9. The number of carboxylic acids is 1. The molecule has 4 nitrogen and oxygen atoms in total. The van der Waals surface area contributed by atoms with Gasteiger partial charge in [0.1, 0.15) is 5.82 Å². The molecule has 6 heteroatoms. The van der Waals surface area contributed by atoms with Gasteiger partial charge in [-0.25, -0.2) is 4.39 Å². The SMILES string of the molecule is COc1c(Br)cc(F)c(C2(C(=O)O)CC2)c1O. The lowest BCUT2D eigenvalue weighted by Gasteiger charge is -2.16. The number of hydrogen-bond donors (Lipinski definition) is 2. The topological polar surface area (TPSA) is 66.8 Å². The summed E-state index contributed by atoms with van der Waals surface area (Å²) in [6.45, 7) is 0. The molecule has 0 spiro atoms. The van der Waals surface area contributed by atoms with E-state index in [9.17, 15) is 14.3 Å². The zero-order chi connectivity index (χ0) is 12.8. The van der Waals surface area contributed by atoms with E-state index in [1.807, 2.05) is 0 Å². The highest BCUT2D eigenvalue weighted by Crippen LogP contribution is 2.55. The van der Waals surface area contributed by atoms with Crippen LogP contribution in [0.4, 0.5) is 4.39 Å². The van der Waals surface area contributed by atoms with Crippen LogP contribution in [0.2, 0.25) is 0 Å². The Hall–Kier alpha value is -1.30. The van der Waals surface area contributed by atoms with Crippen molar-refractivity contribution < 1.29 is 24.1 Å². The quantitative estimate of drug-likeness (QED) is 0.900. The molecule has 1 aromatic carbocycles. The Labute approximate surface area is 105 Å². The van der Waals surface area contributed by atoms with Gasteiger partial charge in [0.15, 0.2) is 11.5 Å². The number of halogens is 2. The summed E-state index contributed by atoms with van der Waals surface area (Å²) in [4.78, 5) is 11.1. The summed E-state index contributed by atoms with van der Waals surface area (Å²) in [6.07, 6.45) is 0.634. The summed E-state index contributed by atoms with van der Waals surface area (Å²) in [5.74, 6) is -2.26. The highest BCUT2D eigenvalue weighted by molar-refractivity contribution is 9.10. The second kappa shape index (κ2) is 3.87. The second-order valence-electron chi connectivity index (χ2n) is 3.98. The molecule has 0 saturated heterocycles. The van der Waals surface area contributed by atoms with Gasteiger partial charge in [-0.1, -0.05) is 0 Å². The van der Waals surface area contributed by atoms with Gasteiger partial charge in [-0.05, 0) is 34.8 Å². The van der Waals surface area contributed by atoms with Gasteiger partial charge in [0, 0.05) is 0 Å². The van der Waals surface area contributed by atoms with Gasteiger partial charge in [0.25, 0.3) is 0 Å². The third kappa shape index (κ3) is 1.67. The van der Waals surface area contributed by atoms with Crippen molar-refractivity contribution in [2.75, 3.05) is 7.11 Å². The minimum Gasteiger partial charge on any atom is -0.504 e. The van der Waals surface area contributed by atoms with Gasteiger partial charge < -0.3 is 14.9 Å². The first-order valence-corrected chi connectivity index (χ1v) is 5.72. The molecule has 0 atom stereocenters.